The van der Waals surface area contributed by atoms with E-state index in [-0.39, 0.29) is 11.4 Å². The predicted molar refractivity (Wildman–Crippen MR) is 124 cm³/mol. The van der Waals surface area contributed by atoms with Crippen LogP contribution in [0.1, 0.15) is 20.1 Å². The molecule has 1 aromatic carbocycles. The lowest BCUT2D eigenvalue weighted by molar-refractivity contribution is -0.114. The molecule has 0 bridgehead atoms. The number of fused-ring (bicyclic) bond motifs is 1. The molecular weight excluding hydrogens is 452 g/mol. The fourth-order valence-electron chi connectivity index (χ4n) is 2.88. The molecule has 4 heterocycles. The van der Waals surface area contributed by atoms with Crippen molar-refractivity contribution in [3.8, 4) is 5.75 Å². The van der Waals surface area contributed by atoms with Gasteiger partial charge < -0.3 is 4.74 Å². The van der Waals surface area contributed by atoms with Gasteiger partial charge in [-0.05, 0) is 58.4 Å². The number of hydrogen-bond acceptors (Lipinski definition) is 8. The molecule has 2 aliphatic heterocycles. The van der Waals surface area contributed by atoms with E-state index in [2.05, 4.69) is 10.1 Å². The van der Waals surface area contributed by atoms with Gasteiger partial charge in [0.2, 0.25) is 5.17 Å². The summed E-state index contributed by atoms with van der Waals surface area (Å²) in [6.45, 7) is 0. The molecule has 0 saturated heterocycles. The molecule has 2 aliphatic rings. The zero-order valence-electron chi connectivity index (χ0n) is 15.6. The highest BCUT2D eigenvalue weighted by Crippen LogP contribution is 2.32. The number of ether oxygens (including phenoxy) is 1. The van der Waals surface area contributed by atoms with Crippen molar-refractivity contribution in [1.29, 1.82) is 5.41 Å². The molecule has 0 atom stereocenters. The van der Waals surface area contributed by atoms with E-state index in [1.807, 2.05) is 17.5 Å². The van der Waals surface area contributed by atoms with Crippen LogP contribution in [0.4, 0.5) is 0 Å². The molecule has 0 radical (unpaired) electrons. The molecule has 10 heteroatoms. The maximum atomic E-state index is 12.6. The second-order valence-electron chi connectivity index (χ2n) is 6.34. The number of rotatable bonds is 4. The van der Waals surface area contributed by atoms with E-state index in [1.165, 1.54) is 39.4 Å². The highest BCUT2D eigenvalue weighted by molar-refractivity contribution is 8.27. The first-order chi connectivity index (χ1) is 15.1. The number of hydrogen-bond donors (Lipinski definition) is 1. The van der Waals surface area contributed by atoms with Crippen LogP contribution in [0, 0.1) is 5.41 Å². The second kappa shape index (κ2) is 8.06. The summed E-state index contributed by atoms with van der Waals surface area (Å²) in [4.78, 5) is 30.3. The standard InChI is InChI=1S/C21H12N4O3S3/c22-17-14(18(26)23-21-25(17)24-19(31-21)15-6-2-8-29-15)11-12-4-1-5-13(10-12)28-20(27)16-7-3-9-30-16/h1-11,22H/b14-11-,22-17?. The SMILES string of the molecule is N=C1/C(=C/c2cccc(OC(=O)c3cccs3)c2)C(=O)N=C2SC(c3cccs3)=NN12. The number of amidine groups is 2. The zero-order chi connectivity index (χ0) is 21.4. The number of carbonyl (C=O) groups is 2. The summed E-state index contributed by atoms with van der Waals surface area (Å²) in [5.74, 6) is -0.649. The van der Waals surface area contributed by atoms with Gasteiger partial charge in [0.25, 0.3) is 5.91 Å². The molecular formula is C21H12N4O3S3. The smallest absolute Gasteiger partial charge is 0.353 e. The molecule has 0 saturated carbocycles. The number of nitrogens with one attached hydrogen (secondary N) is 1. The van der Waals surface area contributed by atoms with E-state index in [0.29, 0.717) is 26.4 Å². The van der Waals surface area contributed by atoms with Crippen LogP contribution in [0.5, 0.6) is 5.75 Å². The third kappa shape index (κ3) is 3.88. The molecule has 152 valence electrons. The molecule has 2 aromatic heterocycles. The Morgan fingerprint density at radius 2 is 1.94 bits per heavy atom. The summed E-state index contributed by atoms with van der Waals surface area (Å²) >= 11 is 4.10. The largest absolute Gasteiger partial charge is 0.422 e. The van der Waals surface area contributed by atoms with Gasteiger partial charge in [0.05, 0.1) is 10.5 Å². The fourth-order valence-corrected chi connectivity index (χ4v) is 5.16. The van der Waals surface area contributed by atoms with Crippen LogP contribution in [-0.2, 0) is 4.79 Å². The van der Waals surface area contributed by atoms with Crippen molar-refractivity contribution in [3.63, 3.8) is 0 Å². The van der Waals surface area contributed by atoms with E-state index < -0.39 is 11.9 Å². The summed E-state index contributed by atoms with van der Waals surface area (Å²) < 4.78 is 5.41. The van der Waals surface area contributed by atoms with E-state index in [1.54, 1.807) is 47.9 Å². The van der Waals surface area contributed by atoms with Crippen LogP contribution in [0.3, 0.4) is 0 Å². The minimum atomic E-state index is -0.507. The number of esters is 1. The van der Waals surface area contributed by atoms with Gasteiger partial charge in [0, 0.05) is 0 Å². The lowest BCUT2D eigenvalue weighted by Gasteiger charge is -2.20. The number of amides is 1. The lowest BCUT2D eigenvalue weighted by atomic mass is 10.1. The molecule has 1 amide bonds. The van der Waals surface area contributed by atoms with Gasteiger partial charge in [-0.25, -0.2) is 4.79 Å². The summed E-state index contributed by atoms with van der Waals surface area (Å²) in [5.41, 5.74) is 0.722. The van der Waals surface area contributed by atoms with Crippen LogP contribution >= 0.6 is 34.4 Å². The third-order valence-electron chi connectivity index (χ3n) is 4.29. The van der Waals surface area contributed by atoms with Gasteiger partial charge in [-0.3, -0.25) is 10.2 Å². The topological polar surface area (TPSA) is 95.2 Å². The quantitative estimate of drug-likeness (QED) is 0.343. The molecule has 3 aromatic rings. The lowest BCUT2D eigenvalue weighted by Crippen LogP contribution is -2.35. The number of carbonyl (C=O) groups excluding carboxylic acids is 2. The summed E-state index contributed by atoms with van der Waals surface area (Å²) in [7, 11) is 0. The predicted octanol–water partition coefficient (Wildman–Crippen LogP) is 4.70. The summed E-state index contributed by atoms with van der Waals surface area (Å²) in [6, 6.07) is 14.1. The number of thiophene rings is 2. The molecule has 31 heavy (non-hydrogen) atoms. The average molecular weight is 465 g/mol. The number of hydrazone groups is 1. The van der Waals surface area contributed by atoms with Gasteiger partial charge in [0.15, 0.2) is 5.84 Å². The van der Waals surface area contributed by atoms with E-state index in [0.717, 1.165) is 4.88 Å². The molecule has 0 fully saturated rings. The molecule has 0 aliphatic carbocycles. The van der Waals surface area contributed by atoms with Gasteiger partial charge in [-0.15, -0.1) is 22.7 Å². The molecule has 1 N–H and O–H groups in total. The second-order valence-corrected chi connectivity index (χ2v) is 9.19. The minimum absolute atomic E-state index is 0.0463. The Hall–Kier alpha value is -3.34. The Kier molecular flexibility index (Phi) is 5.10. The average Bonchev–Trinajstić information content (AvgIpc) is 3.52. The van der Waals surface area contributed by atoms with Crippen molar-refractivity contribution in [2.45, 2.75) is 0 Å². The summed E-state index contributed by atoms with van der Waals surface area (Å²) in [5, 5.41) is 19.1. The molecule has 0 spiro atoms. The van der Waals surface area contributed by atoms with Crippen molar-refractivity contribution in [2.75, 3.05) is 0 Å². The van der Waals surface area contributed by atoms with Crippen molar-refractivity contribution in [2.24, 2.45) is 10.1 Å². The normalized spacial score (nSPS) is 16.9. The Labute approximate surface area is 188 Å². The van der Waals surface area contributed by atoms with Crippen molar-refractivity contribution in [1.82, 2.24) is 5.01 Å². The Morgan fingerprint density at radius 3 is 2.71 bits per heavy atom. The van der Waals surface area contributed by atoms with E-state index >= 15 is 0 Å². The Balaban J connectivity index is 1.40. The van der Waals surface area contributed by atoms with Gasteiger partial charge in [-0.2, -0.15) is 15.1 Å². The third-order valence-corrected chi connectivity index (χ3v) is 7.09. The van der Waals surface area contributed by atoms with Crippen LogP contribution in [0.15, 0.2) is 75.0 Å². The number of thioether (sulfide) groups is 1. The van der Waals surface area contributed by atoms with E-state index in [4.69, 9.17) is 10.1 Å². The van der Waals surface area contributed by atoms with Crippen LogP contribution in [-0.4, -0.2) is 32.9 Å². The maximum absolute atomic E-state index is 12.6. The Morgan fingerprint density at radius 1 is 1.10 bits per heavy atom. The first-order valence-electron chi connectivity index (χ1n) is 8.98. The highest BCUT2D eigenvalue weighted by Gasteiger charge is 2.36. The first-order valence-corrected chi connectivity index (χ1v) is 11.6. The van der Waals surface area contributed by atoms with Gasteiger partial charge in [-0.1, -0.05) is 24.3 Å². The van der Waals surface area contributed by atoms with Crippen LogP contribution < -0.4 is 4.74 Å². The summed E-state index contributed by atoms with van der Waals surface area (Å²) in [6.07, 6.45) is 1.55. The van der Waals surface area contributed by atoms with Crippen molar-refractivity contribution in [3.05, 3.63) is 80.2 Å². The fraction of sp³-hybridized carbons (Fsp3) is 0. The highest BCUT2D eigenvalue weighted by atomic mass is 32.2. The monoisotopic (exact) mass is 464 g/mol. The number of benzene rings is 1. The van der Waals surface area contributed by atoms with Crippen molar-refractivity contribution < 1.29 is 14.3 Å². The maximum Gasteiger partial charge on any atom is 0.353 e. The van der Waals surface area contributed by atoms with Gasteiger partial charge >= 0.3 is 5.97 Å². The number of aliphatic imine (C=N–C) groups is 1. The minimum Gasteiger partial charge on any atom is -0.422 e. The van der Waals surface area contributed by atoms with Crippen LogP contribution in [0.2, 0.25) is 0 Å². The van der Waals surface area contributed by atoms with E-state index in [9.17, 15) is 9.59 Å². The molecule has 5 rings (SSSR count). The molecule has 0 unspecified atom stereocenters. The molecule has 7 nitrogen and oxygen atoms in total. The Bertz CT molecular complexity index is 1290. The number of nitrogens with zero attached hydrogens (tertiary/aromatic N) is 3. The zero-order valence-corrected chi connectivity index (χ0v) is 18.1. The van der Waals surface area contributed by atoms with Crippen molar-refractivity contribution >= 4 is 68.4 Å². The first kappa shape index (κ1) is 19.6. The van der Waals surface area contributed by atoms with Gasteiger partial charge in [0.1, 0.15) is 15.7 Å². The van der Waals surface area contributed by atoms with Crippen LogP contribution in [0.25, 0.3) is 6.08 Å².